The first-order chi connectivity index (χ1) is 9.61. The van der Waals surface area contributed by atoms with Crippen LogP contribution in [-0.2, 0) is 0 Å². The van der Waals surface area contributed by atoms with Crippen LogP contribution in [0.5, 0.6) is 0 Å². The van der Waals surface area contributed by atoms with Gasteiger partial charge in [0.1, 0.15) is 0 Å². The van der Waals surface area contributed by atoms with Gasteiger partial charge in [-0.15, -0.1) is 0 Å². The van der Waals surface area contributed by atoms with Crippen LogP contribution in [0, 0.1) is 0 Å². The minimum atomic E-state index is 0.302. The second-order valence-corrected chi connectivity index (χ2v) is 6.53. The lowest BCUT2D eigenvalue weighted by Gasteiger charge is -2.45. The maximum atomic E-state index is 6.11. The number of rotatable bonds is 4. The van der Waals surface area contributed by atoms with Crippen molar-refractivity contribution >= 4 is 0 Å². The van der Waals surface area contributed by atoms with Crippen molar-refractivity contribution in [2.24, 2.45) is 5.73 Å². The largest absolute Gasteiger partial charge is 0.330 e. The molecule has 112 valence electrons. The molecule has 0 amide bonds. The van der Waals surface area contributed by atoms with Crippen LogP contribution in [0.1, 0.15) is 44.5 Å². The Morgan fingerprint density at radius 1 is 1.30 bits per heavy atom. The van der Waals surface area contributed by atoms with Gasteiger partial charge in [-0.3, -0.25) is 9.80 Å². The van der Waals surface area contributed by atoms with Gasteiger partial charge in [-0.1, -0.05) is 0 Å². The molecule has 1 saturated heterocycles. The summed E-state index contributed by atoms with van der Waals surface area (Å²) in [5.74, 6) is 0. The second-order valence-electron chi connectivity index (χ2n) is 6.53. The van der Waals surface area contributed by atoms with Crippen molar-refractivity contribution in [3.8, 4) is 0 Å². The molecule has 5 nitrogen and oxygen atoms in total. The summed E-state index contributed by atoms with van der Waals surface area (Å²) in [7, 11) is 2.22. The van der Waals surface area contributed by atoms with Crippen molar-refractivity contribution < 1.29 is 0 Å². The summed E-state index contributed by atoms with van der Waals surface area (Å²) >= 11 is 0. The quantitative estimate of drug-likeness (QED) is 0.900. The Hall–Kier alpha value is -0.910. The minimum absolute atomic E-state index is 0.302. The molecule has 1 saturated carbocycles. The highest BCUT2D eigenvalue weighted by Gasteiger charge is 2.34. The van der Waals surface area contributed by atoms with E-state index < -0.39 is 0 Å². The van der Waals surface area contributed by atoms with Gasteiger partial charge in [0.25, 0.3) is 0 Å². The molecule has 3 atom stereocenters. The van der Waals surface area contributed by atoms with Crippen LogP contribution in [0.4, 0.5) is 0 Å². The molecule has 1 aliphatic carbocycles. The lowest BCUT2D eigenvalue weighted by Crippen LogP contribution is -2.56. The predicted octanol–water partition coefficient (Wildman–Crippen LogP) is 1.24. The molecule has 2 N–H and O–H groups in total. The van der Waals surface area contributed by atoms with Crippen LogP contribution in [-0.4, -0.2) is 58.1 Å². The van der Waals surface area contributed by atoms with Crippen molar-refractivity contribution in [1.29, 1.82) is 0 Å². The van der Waals surface area contributed by atoms with Gasteiger partial charge in [0.05, 0.1) is 18.1 Å². The van der Waals surface area contributed by atoms with Crippen LogP contribution in [0.25, 0.3) is 0 Å². The van der Waals surface area contributed by atoms with Crippen molar-refractivity contribution in [1.82, 2.24) is 19.4 Å². The van der Waals surface area contributed by atoms with Crippen LogP contribution in [0.15, 0.2) is 12.5 Å². The van der Waals surface area contributed by atoms with E-state index in [0.717, 1.165) is 13.1 Å². The molecule has 2 aliphatic rings. The third kappa shape index (κ3) is 2.50. The fourth-order valence-electron chi connectivity index (χ4n) is 3.39. The number of nitrogens with zero attached hydrogens (tertiary/aromatic N) is 4. The molecular formula is C15H27N5. The van der Waals surface area contributed by atoms with E-state index >= 15 is 0 Å². The summed E-state index contributed by atoms with van der Waals surface area (Å²) in [6, 6.07) is 2.12. The first-order valence-corrected chi connectivity index (χ1v) is 7.79. The smallest absolute Gasteiger partial charge is 0.0951 e. The average molecular weight is 277 g/mol. The van der Waals surface area contributed by atoms with Crippen molar-refractivity contribution in [2.45, 2.75) is 50.9 Å². The molecule has 0 radical (unpaired) electrons. The van der Waals surface area contributed by atoms with Gasteiger partial charge in [-0.05, 0) is 33.7 Å². The number of hydrogen-bond acceptors (Lipinski definition) is 4. The van der Waals surface area contributed by atoms with E-state index in [0.29, 0.717) is 30.7 Å². The molecule has 0 spiro atoms. The summed E-state index contributed by atoms with van der Waals surface area (Å²) in [5.41, 5.74) is 7.42. The van der Waals surface area contributed by atoms with E-state index in [2.05, 4.69) is 40.2 Å². The number of likely N-dealkylation sites (N-methyl/N-ethyl adjacent to an activating group) is 1. The highest BCUT2D eigenvalue weighted by atomic mass is 15.3. The number of aromatic nitrogens is 2. The zero-order valence-corrected chi connectivity index (χ0v) is 12.9. The standard InChI is InChI=1S/C15H27N5/c1-11-8-19(9-12(2)18(11)3)14(6-16)15-7-17-10-20(15)13-4-5-13/h7,10-14H,4-6,8-9,16H2,1-3H3. The molecular weight excluding hydrogens is 250 g/mol. The zero-order chi connectivity index (χ0) is 14.3. The van der Waals surface area contributed by atoms with E-state index in [1.807, 2.05) is 12.5 Å². The molecule has 0 bridgehead atoms. The highest BCUT2D eigenvalue weighted by molar-refractivity contribution is 5.11. The maximum Gasteiger partial charge on any atom is 0.0951 e. The Balaban J connectivity index is 1.80. The van der Waals surface area contributed by atoms with Gasteiger partial charge in [-0.25, -0.2) is 4.98 Å². The minimum Gasteiger partial charge on any atom is -0.330 e. The average Bonchev–Trinajstić information content (AvgIpc) is 3.16. The van der Waals surface area contributed by atoms with Gasteiger partial charge in [0, 0.05) is 44.0 Å². The molecule has 5 heteroatoms. The summed E-state index contributed by atoms with van der Waals surface area (Å²) in [6.45, 7) is 7.43. The predicted molar refractivity (Wildman–Crippen MR) is 80.6 cm³/mol. The second kappa shape index (κ2) is 5.47. The molecule has 3 rings (SSSR count). The summed E-state index contributed by atoms with van der Waals surface area (Å²) in [6.07, 6.45) is 6.58. The van der Waals surface area contributed by atoms with E-state index in [9.17, 15) is 0 Å². The van der Waals surface area contributed by atoms with E-state index in [1.54, 1.807) is 0 Å². The Morgan fingerprint density at radius 3 is 2.50 bits per heavy atom. The number of hydrogen-bond donors (Lipinski definition) is 1. The van der Waals surface area contributed by atoms with Gasteiger partial charge < -0.3 is 10.3 Å². The summed E-state index contributed by atoms with van der Waals surface area (Å²) < 4.78 is 2.35. The molecule has 2 fully saturated rings. The zero-order valence-electron chi connectivity index (χ0n) is 12.9. The fourth-order valence-corrected chi connectivity index (χ4v) is 3.39. The van der Waals surface area contributed by atoms with Crippen molar-refractivity contribution in [3.63, 3.8) is 0 Å². The van der Waals surface area contributed by atoms with Gasteiger partial charge in [-0.2, -0.15) is 0 Å². The molecule has 1 aromatic heterocycles. The van der Waals surface area contributed by atoms with Gasteiger partial charge in [0.2, 0.25) is 0 Å². The number of piperazine rings is 1. The lowest BCUT2D eigenvalue weighted by atomic mass is 10.0. The maximum absolute atomic E-state index is 6.11. The normalized spacial score (nSPS) is 30.6. The van der Waals surface area contributed by atoms with E-state index in [4.69, 9.17) is 5.73 Å². The molecule has 1 aliphatic heterocycles. The van der Waals surface area contributed by atoms with Crippen molar-refractivity contribution in [3.05, 3.63) is 18.2 Å². The molecule has 0 aromatic carbocycles. The third-order valence-electron chi connectivity index (χ3n) is 5.03. The fraction of sp³-hybridized carbons (Fsp3) is 0.800. The van der Waals surface area contributed by atoms with E-state index in [1.165, 1.54) is 18.5 Å². The number of nitrogens with two attached hydrogens (primary N) is 1. The Bertz CT molecular complexity index is 441. The SMILES string of the molecule is CC1CN(C(CN)c2cncn2C2CC2)CC(C)N1C. The van der Waals surface area contributed by atoms with Gasteiger partial charge in [0.15, 0.2) is 0 Å². The summed E-state index contributed by atoms with van der Waals surface area (Å²) in [4.78, 5) is 9.38. The molecule has 3 unspecified atom stereocenters. The van der Waals surface area contributed by atoms with Crippen LogP contribution in [0.2, 0.25) is 0 Å². The number of imidazole rings is 1. The Morgan fingerprint density at radius 2 is 1.95 bits per heavy atom. The Labute approximate surface area is 121 Å². The van der Waals surface area contributed by atoms with E-state index in [-0.39, 0.29) is 0 Å². The van der Waals surface area contributed by atoms with Crippen LogP contribution in [0.3, 0.4) is 0 Å². The first kappa shape index (κ1) is 14.0. The Kier molecular flexibility index (Phi) is 3.84. The van der Waals surface area contributed by atoms with Crippen LogP contribution < -0.4 is 5.73 Å². The first-order valence-electron chi connectivity index (χ1n) is 7.79. The van der Waals surface area contributed by atoms with Crippen molar-refractivity contribution in [2.75, 3.05) is 26.7 Å². The topological polar surface area (TPSA) is 50.3 Å². The molecule has 2 heterocycles. The highest BCUT2D eigenvalue weighted by Crippen LogP contribution is 2.38. The van der Waals surface area contributed by atoms with Gasteiger partial charge >= 0.3 is 0 Å². The molecule has 20 heavy (non-hydrogen) atoms. The third-order valence-corrected chi connectivity index (χ3v) is 5.03. The molecule has 1 aromatic rings. The summed E-state index contributed by atoms with van der Waals surface area (Å²) in [5, 5.41) is 0. The monoisotopic (exact) mass is 277 g/mol. The van der Waals surface area contributed by atoms with Crippen LogP contribution >= 0.6 is 0 Å². The lowest BCUT2D eigenvalue weighted by molar-refractivity contribution is 0.0332.